The molecule has 2 aliphatic heterocycles. The number of likely N-dealkylation sites (tertiary alicyclic amines) is 1. The van der Waals surface area contributed by atoms with Crippen molar-refractivity contribution in [3.8, 4) is 0 Å². The van der Waals surface area contributed by atoms with E-state index in [0.717, 1.165) is 12.8 Å². The van der Waals surface area contributed by atoms with Crippen molar-refractivity contribution in [3.05, 3.63) is 59.8 Å². The lowest BCUT2D eigenvalue weighted by Crippen LogP contribution is -2.61. The van der Waals surface area contributed by atoms with Crippen LogP contribution in [0.4, 0.5) is 25.8 Å². The first-order valence-electron chi connectivity index (χ1n) is 10.8. The minimum Gasteiger partial charge on any atom is -0.380 e. The molecule has 1 amide bonds. The molecule has 0 aromatic heterocycles. The fourth-order valence-electron chi connectivity index (χ4n) is 4.87. The molecule has 3 N–H and O–H groups in total. The van der Waals surface area contributed by atoms with E-state index in [9.17, 15) is 13.6 Å². The van der Waals surface area contributed by atoms with Crippen LogP contribution in [-0.2, 0) is 4.79 Å². The van der Waals surface area contributed by atoms with Gasteiger partial charge >= 0.3 is 0 Å². The minimum atomic E-state index is -0.423. The largest absolute Gasteiger partial charge is 0.380 e. The van der Waals surface area contributed by atoms with Crippen molar-refractivity contribution in [1.82, 2.24) is 4.90 Å². The Bertz CT molecular complexity index is 1080. The van der Waals surface area contributed by atoms with Crippen molar-refractivity contribution in [1.29, 1.82) is 0 Å². The lowest BCUT2D eigenvalue weighted by molar-refractivity contribution is -0.110. The Morgan fingerprint density at radius 2 is 1.75 bits per heavy atom. The van der Waals surface area contributed by atoms with E-state index in [1.54, 1.807) is 12.1 Å². The first-order chi connectivity index (χ1) is 15.0. The summed E-state index contributed by atoms with van der Waals surface area (Å²) in [4.78, 5) is 14.6. The Balaban J connectivity index is 1.48. The molecule has 2 aromatic rings. The van der Waals surface area contributed by atoms with Crippen LogP contribution in [0.25, 0.3) is 5.57 Å². The van der Waals surface area contributed by atoms with Crippen molar-refractivity contribution >= 4 is 28.5 Å². The highest BCUT2D eigenvalue weighted by atomic mass is 19.1. The summed E-state index contributed by atoms with van der Waals surface area (Å²) in [6, 6.07) is 9.13. The van der Waals surface area contributed by atoms with Crippen LogP contribution in [0.2, 0.25) is 0 Å². The molecular weight excluding hydrogens is 410 g/mol. The molecule has 0 bridgehead atoms. The van der Waals surface area contributed by atoms with Crippen LogP contribution in [0.15, 0.2) is 42.6 Å². The van der Waals surface area contributed by atoms with Gasteiger partial charge in [-0.1, -0.05) is 0 Å². The summed E-state index contributed by atoms with van der Waals surface area (Å²) in [5.74, 6) is -1.12. The number of rotatable bonds is 4. The second kappa shape index (κ2) is 7.89. The number of fused-ring (bicyclic) bond motifs is 1. The van der Waals surface area contributed by atoms with Gasteiger partial charge in [0.05, 0.1) is 11.3 Å². The normalized spacial score (nSPS) is 21.3. The predicted octanol–water partition coefficient (Wildman–Crippen LogP) is 5.43. The summed E-state index contributed by atoms with van der Waals surface area (Å²) in [7, 11) is 2.14. The Morgan fingerprint density at radius 3 is 2.41 bits per heavy atom. The van der Waals surface area contributed by atoms with Gasteiger partial charge in [-0.15, -0.1) is 0 Å². The lowest BCUT2D eigenvalue weighted by Gasteiger charge is -2.53. The molecule has 4 rings (SSSR count). The highest BCUT2D eigenvalue weighted by molar-refractivity contribution is 6.31. The number of nitrogens with one attached hydrogen (secondary N) is 3. The molecule has 0 aliphatic carbocycles. The third-order valence-corrected chi connectivity index (χ3v) is 6.78. The molecule has 7 heteroatoms. The maximum Gasteiger partial charge on any atom is 0.257 e. The molecular formula is C25H30F2N4O. The molecule has 0 unspecified atom stereocenters. The van der Waals surface area contributed by atoms with Crippen LogP contribution in [0.3, 0.4) is 0 Å². The smallest absolute Gasteiger partial charge is 0.257 e. The Labute approximate surface area is 187 Å². The number of nitrogens with zero attached hydrogens (tertiary/aromatic N) is 1. The van der Waals surface area contributed by atoms with Gasteiger partial charge in [0.1, 0.15) is 11.6 Å². The van der Waals surface area contributed by atoms with Gasteiger partial charge in [-0.2, -0.15) is 0 Å². The highest BCUT2D eigenvalue weighted by Gasteiger charge is 2.43. The van der Waals surface area contributed by atoms with Crippen molar-refractivity contribution in [2.75, 3.05) is 23.0 Å². The molecule has 2 heterocycles. The van der Waals surface area contributed by atoms with Gasteiger partial charge in [0.2, 0.25) is 0 Å². The molecule has 5 nitrogen and oxygen atoms in total. The summed E-state index contributed by atoms with van der Waals surface area (Å²) in [6.07, 6.45) is 3.29. The van der Waals surface area contributed by atoms with Crippen molar-refractivity contribution in [2.24, 2.45) is 0 Å². The van der Waals surface area contributed by atoms with E-state index in [1.807, 2.05) is 0 Å². The third kappa shape index (κ3) is 4.21. The predicted molar refractivity (Wildman–Crippen MR) is 126 cm³/mol. The number of halogens is 2. The van der Waals surface area contributed by atoms with Gasteiger partial charge in [0, 0.05) is 40.3 Å². The fraction of sp³-hybridized carbons (Fsp3) is 0.400. The number of benzene rings is 2. The van der Waals surface area contributed by atoms with Crippen LogP contribution in [0, 0.1) is 11.6 Å². The molecule has 2 aliphatic rings. The summed E-state index contributed by atoms with van der Waals surface area (Å²) in [5.41, 5.74) is 2.30. The Kier molecular flexibility index (Phi) is 5.49. The summed E-state index contributed by atoms with van der Waals surface area (Å²) < 4.78 is 28.5. The summed E-state index contributed by atoms with van der Waals surface area (Å²) in [6.45, 7) is 8.84. The monoisotopic (exact) mass is 440 g/mol. The average Bonchev–Trinajstić information content (AvgIpc) is 3.00. The number of piperidine rings is 1. The number of anilines is 3. The van der Waals surface area contributed by atoms with E-state index in [4.69, 9.17) is 0 Å². The molecule has 170 valence electrons. The maximum absolute atomic E-state index is 14.9. The van der Waals surface area contributed by atoms with E-state index in [1.165, 1.54) is 30.5 Å². The minimum absolute atomic E-state index is 0.00118. The molecule has 0 saturated carbocycles. The van der Waals surface area contributed by atoms with Gasteiger partial charge in [-0.25, -0.2) is 8.78 Å². The van der Waals surface area contributed by atoms with Crippen molar-refractivity contribution < 1.29 is 13.6 Å². The average molecular weight is 441 g/mol. The first kappa shape index (κ1) is 22.3. The number of amides is 1. The fourth-order valence-corrected chi connectivity index (χ4v) is 4.87. The highest BCUT2D eigenvalue weighted by Crippen LogP contribution is 2.38. The zero-order valence-corrected chi connectivity index (χ0v) is 19.1. The van der Waals surface area contributed by atoms with Crippen LogP contribution in [-0.4, -0.2) is 35.0 Å². The topological polar surface area (TPSA) is 56.4 Å². The Hall–Kier alpha value is -2.93. The number of carbonyl (C=O) groups is 1. The van der Waals surface area contributed by atoms with Crippen molar-refractivity contribution in [3.63, 3.8) is 0 Å². The van der Waals surface area contributed by atoms with Gasteiger partial charge in [-0.3, -0.25) is 9.69 Å². The van der Waals surface area contributed by atoms with Crippen LogP contribution in [0.5, 0.6) is 0 Å². The van der Waals surface area contributed by atoms with E-state index in [-0.39, 0.29) is 28.8 Å². The second-order valence-corrected chi connectivity index (χ2v) is 9.97. The van der Waals surface area contributed by atoms with Gasteiger partial charge < -0.3 is 16.0 Å². The molecule has 1 fully saturated rings. The standard InChI is InChI=1S/C25H30F2N4O/c1-24(2)12-17(13-25(3,4)31(24)5)29-22-9-7-16(11-20(22)27)28-14-19-18-10-15(26)6-8-21(18)30-23(19)32/h6-11,14,17,28-29H,12-13H2,1-5H3,(H,30,32). The molecule has 0 radical (unpaired) electrons. The van der Waals surface area contributed by atoms with Gasteiger partial charge in [0.25, 0.3) is 5.91 Å². The van der Waals surface area contributed by atoms with Crippen LogP contribution < -0.4 is 16.0 Å². The SMILES string of the molecule is CN1C(C)(C)CC(Nc2ccc(NC=C3C(=O)Nc4ccc(F)cc43)cc2F)CC1(C)C. The molecule has 0 atom stereocenters. The van der Waals surface area contributed by atoms with Crippen LogP contribution >= 0.6 is 0 Å². The maximum atomic E-state index is 14.9. The summed E-state index contributed by atoms with van der Waals surface area (Å²) in [5, 5.41) is 9.03. The van der Waals surface area contributed by atoms with Crippen LogP contribution in [0.1, 0.15) is 46.1 Å². The van der Waals surface area contributed by atoms with Gasteiger partial charge in [-0.05, 0) is 84.0 Å². The van der Waals surface area contributed by atoms with E-state index < -0.39 is 5.82 Å². The van der Waals surface area contributed by atoms with E-state index >= 15 is 0 Å². The van der Waals surface area contributed by atoms with E-state index in [2.05, 4.69) is 55.6 Å². The zero-order valence-electron chi connectivity index (χ0n) is 19.1. The molecule has 0 spiro atoms. The number of hydrogen-bond acceptors (Lipinski definition) is 4. The molecule has 1 saturated heterocycles. The number of hydrogen-bond donors (Lipinski definition) is 3. The van der Waals surface area contributed by atoms with E-state index in [0.29, 0.717) is 28.2 Å². The number of carbonyl (C=O) groups excluding carboxylic acids is 1. The summed E-state index contributed by atoms with van der Waals surface area (Å²) >= 11 is 0. The molecule has 32 heavy (non-hydrogen) atoms. The Morgan fingerprint density at radius 1 is 1.06 bits per heavy atom. The first-order valence-corrected chi connectivity index (χ1v) is 10.8. The quantitative estimate of drug-likeness (QED) is 0.555. The second-order valence-electron chi connectivity index (χ2n) is 9.97. The van der Waals surface area contributed by atoms with Crippen molar-refractivity contribution in [2.45, 2.75) is 57.7 Å². The third-order valence-electron chi connectivity index (χ3n) is 6.78. The zero-order chi connectivity index (χ0) is 23.3. The molecule has 2 aromatic carbocycles. The van der Waals surface area contributed by atoms with Gasteiger partial charge in [0.15, 0.2) is 0 Å². The lowest BCUT2D eigenvalue weighted by atomic mass is 9.77.